The molecule has 2 aromatic carbocycles. The summed E-state index contributed by atoms with van der Waals surface area (Å²) in [6, 6.07) is 8.92. The second kappa shape index (κ2) is 12.5. The van der Waals surface area contributed by atoms with Gasteiger partial charge in [0.05, 0.1) is 34.0 Å². The van der Waals surface area contributed by atoms with Crippen LogP contribution >= 0.6 is 11.6 Å². The van der Waals surface area contributed by atoms with Crippen molar-refractivity contribution in [1.29, 1.82) is 0 Å². The minimum absolute atomic E-state index is 0.101. The Labute approximate surface area is 233 Å². The van der Waals surface area contributed by atoms with Gasteiger partial charge < -0.3 is 31.4 Å². The van der Waals surface area contributed by atoms with E-state index in [1.54, 1.807) is 25.1 Å². The van der Waals surface area contributed by atoms with Gasteiger partial charge in [-0.25, -0.2) is 4.39 Å². The molecule has 0 unspecified atom stereocenters. The quantitative estimate of drug-likeness (QED) is 0.0930. The third-order valence-electron chi connectivity index (χ3n) is 6.26. The number of aryl methyl sites for hydroxylation is 1. The number of unbranched alkanes of at least 4 members (excludes halogenated alkanes) is 2. The van der Waals surface area contributed by atoms with Gasteiger partial charge in [0.25, 0.3) is 5.91 Å². The number of benzene rings is 2. The zero-order valence-electron chi connectivity index (χ0n) is 21.8. The maximum atomic E-state index is 13.6. The van der Waals surface area contributed by atoms with E-state index in [0.29, 0.717) is 74.9 Å². The second-order valence-corrected chi connectivity index (χ2v) is 9.66. The summed E-state index contributed by atoms with van der Waals surface area (Å²) in [5, 5.41) is 25.6. The van der Waals surface area contributed by atoms with Crippen LogP contribution in [0.4, 0.5) is 21.5 Å². The number of carbonyl (C=O) groups excluding carboxylic acids is 2. The van der Waals surface area contributed by atoms with Crippen LogP contribution in [0.25, 0.3) is 23.7 Å². The highest BCUT2D eigenvalue weighted by molar-refractivity contribution is 6.31. The van der Waals surface area contributed by atoms with Crippen molar-refractivity contribution >= 4 is 64.2 Å². The molecule has 4 rings (SSSR count). The Bertz CT molecular complexity index is 1710. The van der Waals surface area contributed by atoms with Crippen LogP contribution in [0.5, 0.6) is 5.88 Å². The van der Waals surface area contributed by atoms with Crippen LogP contribution in [0.2, 0.25) is 5.02 Å². The Morgan fingerprint density at radius 3 is 2.75 bits per heavy atom. The molecule has 10 nitrogen and oxygen atoms in total. The summed E-state index contributed by atoms with van der Waals surface area (Å²) in [6.07, 6.45) is 3.81. The number of halogens is 2. The van der Waals surface area contributed by atoms with E-state index >= 15 is 0 Å². The number of fused-ring (bicyclic) bond motifs is 1. The van der Waals surface area contributed by atoms with Crippen LogP contribution in [-0.2, 0) is 4.79 Å². The first-order valence-electron chi connectivity index (χ1n) is 12.6. The number of hydrogen-bond donors (Lipinski definition) is 6. The molecular weight excluding hydrogens is 537 g/mol. The Morgan fingerprint density at radius 1 is 1.18 bits per heavy atom. The molecule has 0 atom stereocenters. The van der Waals surface area contributed by atoms with Crippen molar-refractivity contribution < 1.29 is 19.1 Å². The van der Waals surface area contributed by atoms with Crippen molar-refractivity contribution in [2.75, 3.05) is 17.6 Å². The number of aromatic hydroxyl groups is 1. The largest absolute Gasteiger partial charge is 0.493 e. The van der Waals surface area contributed by atoms with Gasteiger partial charge in [0.15, 0.2) is 5.69 Å². The number of nitrogen functional groups attached to an aromatic ring is 1. The number of H-pyrrole nitrogens is 2. The number of nitrogens with two attached hydrogens (primary N) is 1. The van der Waals surface area contributed by atoms with E-state index in [0.717, 1.165) is 6.42 Å². The SMILES string of the molecule is C=c1c(C(=O)NCCCCCC(=O)Nc2ccc(Cl)cc2N)c(C)[nH]c1=CN=Nc1c(O)[nH]c2ccc(F)cc12. The molecule has 0 saturated heterocycles. The molecule has 2 amide bonds. The first kappa shape index (κ1) is 28.4. The zero-order chi connectivity index (χ0) is 28.8. The molecule has 0 aliphatic carbocycles. The van der Waals surface area contributed by atoms with E-state index in [-0.39, 0.29) is 23.4 Å². The number of carbonyl (C=O) groups is 2. The topological polar surface area (TPSA) is 161 Å². The number of nitrogens with one attached hydrogen (secondary N) is 4. The van der Waals surface area contributed by atoms with Crippen molar-refractivity contribution in [1.82, 2.24) is 15.3 Å². The predicted octanol–water partition coefficient (Wildman–Crippen LogP) is 4.75. The van der Waals surface area contributed by atoms with Gasteiger partial charge in [-0.15, -0.1) is 5.11 Å². The van der Waals surface area contributed by atoms with Crippen LogP contribution in [0.1, 0.15) is 41.7 Å². The highest BCUT2D eigenvalue weighted by atomic mass is 35.5. The fourth-order valence-electron chi connectivity index (χ4n) is 4.24. The van der Waals surface area contributed by atoms with Crippen LogP contribution < -0.4 is 26.9 Å². The molecule has 208 valence electrons. The zero-order valence-corrected chi connectivity index (χ0v) is 22.5. The molecule has 0 bridgehead atoms. The van der Waals surface area contributed by atoms with Crippen molar-refractivity contribution in [3.05, 3.63) is 69.1 Å². The number of anilines is 2. The van der Waals surface area contributed by atoms with Gasteiger partial charge in [-0.2, -0.15) is 5.11 Å². The van der Waals surface area contributed by atoms with E-state index in [1.165, 1.54) is 24.4 Å². The average Bonchev–Trinajstić information content (AvgIpc) is 3.36. The highest BCUT2D eigenvalue weighted by Gasteiger charge is 2.14. The number of nitrogens with zero attached hydrogens (tertiary/aromatic N) is 2. The summed E-state index contributed by atoms with van der Waals surface area (Å²) in [7, 11) is 0. The van der Waals surface area contributed by atoms with E-state index < -0.39 is 5.82 Å². The smallest absolute Gasteiger partial charge is 0.253 e. The number of aromatic nitrogens is 2. The first-order chi connectivity index (χ1) is 19.1. The molecule has 2 heterocycles. The lowest BCUT2D eigenvalue weighted by molar-refractivity contribution is -0.116. The molecule has 0 aliphatic rings. The Balaban J connectivity index is 1.28. The summed E-state index contributed by atoms with van der Waals surface area (Å²) >= 11 is 5.87. The van der Waals surface area contributed by atoms with Gasteiger partial charge in [-0.3, -0.25) is 9.59 Å². The number of azo groups is 1. The van der Waals surface area contributed by atoms with Crippen molar-refractivity contribution in [3.8, 4) is 5.88 Å². The monoisotopic (exact) mass is 565 g/mol. The van der Waals surface area contributed by atoms with E-state index in [2.05, 4.69) is 37.4 Å². The fraction of sp³-hybridized carbons (Fsp3) is 0.214. The van der Waals surface area contributed by atoms with Crippen LogP contribution in [0.15, 0.2) is 46.6 Å². The molecule has 40 heavy (non-hydrogen) atoms. The third-order valence-corrected chi connectivity index (χ3v) is 6.50. The third kappa shape index (κ3) is 6.67. The van der Waals surface area contributed by atoms with Crippen molar-refractivity contribution in [2.45, 2.75) is 32.6 Å². The predicted molar refractivity (Wildman–Crippen MR) is 154 cm³/mol. The summed E-state index contributed by atoms with van der Waals surface area (Å²) in [5.74, 6) is -1.12. The molecule has 12 heteroatoms. The lowest BCUT2D eigenvalue weighted by atomic mass is 10.1. The van der Waals surface area contributed by atoms with Crippen LogP contribution in [-0.4, -0.2) is 33.4 Å². The number of hydrogen-bond acceptors (Lipinski definition) is 6. The lowest BCUT2D eigenvalue weighted by Crippen LogP contribution is -2.32. The van der Waals surface area contributed by atoms with E-state index in [1.807, 2.05) is 0 Å². The molecule has 0 aliphatic heterocycles. The number of amides is 2. The number of rotatable bonds is 10. The summed E-state index contributed by atoms with van der Waals surface area (Å²) in [6.45, 7) is 6.17. The Hall–Kier alpha value is -4.64. The second-order valence-electron chi connectivity index (χ2n) is 9.22. The number of aromatic amines is 2. The highest BCUT2D eigenvalue weighted by Crippen LogP contribution is 2.35. The molecule has 4 aromatic rings. The molecule has 0 saturated carbocycles. The van der Waals surface area contributed by atoms with Gasteiger partial charge >= 0.3 is 0 Å². The van der Waals surface area contributed by atoms with Crippen molar-refractivity contribution in [2.24, 2.45) is 10.2 Å². The van der Waals surface area contributed by atoms with Gasteiger partial charge in [-0.1, -0.05) is 24.6 Å². The van der Waals surface area contributed by atoms with Gasteiger partial charge in [0.1, 0.15) is 5.82 Å². The average molecular weight is 566 g/mol. The van der Waals surface area contributed by atoms with Crippen LogP contribution in [0, 0.1) is 12.7 Å². The summed E-state index contributed by atoms with van der Waals surface area (Å²) < 4.78 is 13.6. The molecule has 0 spiro atoms. The standard InChI is InChI=1S/C28H29ClFN7O3/c1-15-23(14-33-37-26-19-13-18(30)8-10-21(19)36-28(26)40)34-16(2)25(15)27(39)32-11-5-3-4-6-24(38)35-22-9-7-17(29)12-20(22)31/h7-10,12-14,34,36,40H,1,3-6,11,31H2,2H3,(H,32,39)(H,35,38). The maximum absolute atomic E-state index is 13.6. The molecule has 2 aromatic heterocycles. The van der Waals surface area contributed by atoms with Gasteiger partial charge in [0.2, 0.25) is 11.8 Å². The maximum Gasteiger partial charge on any atom is 0.253 e. The molecular formula is C28H29ClFN7O3. The summed E-state index contributed by atoms with van der Waals surface area (Å²) in [4.78, 5) is 30.7. The first-order valence-corrected chi connectivity index (χ1v) is 12.9. The lowest BCUT2D eigenvalue weighted by Gasteiger charge is -2.08. The molecule has 0 fully saturated rings. The fourth-order valence-corrected chi connectivity index (χ4v) is 4.42. The minimum Gasteiger partial charge on any atom is -0.493 e. The van der Waals surface area contributed by atoms with E-state index in [9.17, 15) is 19.1 Å². The van der Waals surface area contributed by atoms with Gasteiger partial charge in [-0.05, 0) is 56.2 Å². The Morgan fingerprint density at radius 2 is 1.98 bits per heavy atom. The summed E-state index contributed by atoms with van der Waals surface area (Å²) in [5.41, 5.74) is 8.42. The minimum atomic E-state index is -0.465. The Kier molecular flexibility index (Phi) is 8.85. The van der Waals surface area contributed by atoms with Gasteiger partial charge in [0, 0.05) is 34.3 Å². The molecule has 0 radical (unpaired) electrons. The van der Waals surface area contributed by atoms with Crippen molar-refractivity contribution in [3.63, 3.8) is 0 Å². The van der Waals surface area contributed by atoms with E-state index in [4.69, 9.17) is 17.3 Å². The van der Waals surface area contributed by atoms with Crippen LogP contribution in [0.3, 0.4) is 0 Å². The molecule has 7 N–H and O–H groups in total. The normalized spacial score (nSPS) is 11.9.